The summed E-state index contributed by atoms with van der Waals surface area (Å²) < 4.78 is 1.63. The van der Waals surface area contributed by atoms with E-state index in [1.807, 2.05) is 0 Å². The third-order valence-corrected chi connectivity index (χ3v) is 4.01. The molecule has 0 aromatic carbocycles. The molecule has 6 nitrogen and oxygen atoms in total. The van der Waals surface area contributed by atoms with Crippen molar-refractivity contribution in [3.63, 3.8) is 0 Å². The molecule has 0 radical (unpaired) electrons. The van der Waals surface area contributed by atoms with Gasteiger partial charge in [-0.2, -0.15) is 19.6 Å². The summed E-state index contributed by atoms with van der Waals surface area (Å²) in [4.78, 5) is 8.11. The number of aromatic nitrogens is 4. The predicted octanol–water partition coefficient (Wildman–Crippen LogP) is 1.60. The summed E-state index contributed by atoms with van der Waals surface area (Å²) in [5, 5.41) is 17.2. The number of anilines is 1. The fourth-order valence-corrected chi connectivity index (χ4v) is 2.95. The van der Waals surface area contributed by atoms with Gasteiger partial charge in [0.05, 0.1) is 0 Å². The molecule has 2 atom stereocenters. The van der Waals surface area contributed by atoms with Gasteiger partial charge >= 0.3 is 0 Å². The van der Waals surface area contributed by atoms with Crippen molar-refractivity contribution >= 4 is 23.2 Å². The van der Waals surface area contributed by atoms with Crippen molar-refractivity contribution in [1.82, 2.24) is 19.6 Å². The molecule has 1 saturated carbocycles. The summed E-state index contributed by atoms with van der Waals surface area (Å²) in [5.74, 6) is 2.17. The molecule has 1 aliphatic rings. The Morgan fingerprint density at radius 1 is 1.42 bits per heavy atom. The first-order valence-corrected chi connectivity index (χ1v) is 6.86. The number of rotatable bonds is 4. The summed E-state index contributed by atoms with van der Waals surface area (Å²) in [6.45, 7) is 1.07. The van der Waals surface area contributed by atoms with Crippen LogP contribution in [-0.4, -0.2) is 37.8 Å². The van der Waals surface area contributed by atoms with Gasteiger partial charge in [0.25, 0.3) is 5.78 Å². The Morgan fingerprint density at radius 2 is 2.26 bits per heavy atom. The molecule has 0 aliphatic heterocycles. The van der Waals surface area contributed by atoms with E-state index < -0.39 is 0 Å². The normalized spacial score (nSPS) is 23.1. The molecule has 1 fully saturated rings. The topological polar surface area (TPSA) is 75.3 Å². The van der Waals surface area contributed by atoms with Crippen molar-refractivity contribution in [1.29, 1.82) is 0 Å². The molecule has 102 valence electrons. The number of aliphatic hydroxyl groups is 1. The number of nitrogens with zero attached hydrogens (tertiary/aromatic N) is 4. The molecule has 0 bridgehead atoms. The van der Waals surface area contributed by atoms with E-state index in [0.717, 1.165) is 25.2 Å². The highest BCUT2D eigenvalue weighted by Crippen LogP contribution is 2.31. The van der Waals surface area contributed by atoms with Gasteiger partial charge in [-0.1, -0.05) is 18.0 Å². The van der Waals surface area contributed by atoms with Crippen molar-refractivity contribution < 1.29 is 5.11 Å². The first-order chi connectivity index (χ1) is 9.28. The quantitative estimate of drug-likeness (QED) is 0.833. The molecule has 2 aromatic heterocycles. The second-order valence-corrected chi connectivity index (χ2v) is 5.34. The highest BCUT2D eigenvalue weighted by Gasteiger charge is 2.26. The molecule has 1 aliphatic carbocycles. The van der Waals surface area contributed by atoms with E-state index >= 15 is 0 Å². The van der Waals surface area contributed by atoms with Crippen molar-refractivity contribution in [2.45, 2.75) is 19.3 Å². The molecule has 3 rings (SSSR count). The second kappa shape index (κ2) is 5.30. The van der Waals surface area contributed by atoms with E-state index in [1.165, 1.54) is 12.7 Å². The lowest BCUT2D eigenvalue weighted by molar-refractivity contribution is 0.199. The van der Waals surface area contributed by atoms with E-state index in [2.05, 4.69) is 20.4 Å². The highest BCUT2D eigenvalue weighted by atomic mass is 35.5. The molecule has 2 unspecified atom stereocenters. The van der Waals surface area contributed by atoms with Gasteiger partial charge in [-0.15, -0.1) is 0 Å². The monoisotopic (exact) mass is 281 g/mol. The van der Waals surface area contributed by atoms with Crippen LogP contribution in [0.25, 0.3) is 5.78 Å². The minimum Gasteiger partial charge on any atom is -0.396 e. The summed E-state index contributed by atoms with van der Waals surface area (Å²) in [5.41, 5.74) is 0. The highest BCUT2D eigenvalue weighted by molar-refractivity contribution is 6.29. The number of hydrogen-bond donors (Lipinski definition) is 2. The van der Waals surface area contributed by atoms with Crippen LogP contribution < -0.4 is 5.32 Å². The Balaban J connectivity index is 1.76. The van der Waals surface area contributed by atoms with Crippen molar-refractivity contribution in [2.24, 2.45) is 11.8 Å². The summed E-state index contributed by atoms with van der Waals surface area (Å²) in [7, 11) is 0. The fraction of sp³-hybridized carbons (Fsp3) is 0.583. The summed E-state index contributed by atoms with van der Waals surface area (Å²) in [6, 6.07) is 1.74. The van der Waals surface area contributed by atoms with Crippen LogP contribution in [0.5, 0.6) is 0 Å². The molecule has 0 amide bonds. The number of aliphatic hydroxyl groups excluding tert-OH is 1. The van der Waals surface area contributed by atoms with Gasteiger partial charge in [0.15, 0.2) is 0 Å². The van der Waals surface area contributed by atoms with Gasteiger partial charge in [-0.05, 0) is 24.7 Å². The standard InChI is InChI=1S/C12H16ClN5O/c13-10-4-11(18-12(17-10)15-7-16-18)14-5-8-2-1-3-9(8)6-19/h4,7-9,14,19H,1-3,5-6H2. The third kappa shape index (κ3) is 2.50. The average molecular weight is 282 g/mol. The maximum Gasteiger partial charge on any atom is 0.255 e. The maximum absolute atomic E-state index is 9.33. The van der Waals surface area contributed by atoms with Crippen molar-refractivity contribution in [3.8, 4) is 0 Å². The van der Waals surface area contributed by atoms with Crippen LogP contribution in [0.2, 0.25) is 5.15 Å². The molecule has 19 heavy (non-hydrogen) atoms. The molecular formula is C12H16ClN5O. The molecule has 0 spiro atoms. The van der Waals surface area contributed by atoms with E-state index in [1.54, 1.807) is 10.6 Å². The van der Waals surface area contributed by atoms with Gasteiger partial charge in [0.2, 0.25) is 0 Å². The van der Waals surface area contributed by atoms with Crippen molar-refractivity contribution in [2.75, 3.05) is 18.5 Å². The fourth-order valence-electron chi connectivity index (χ4n) is 2.77. The van der Waals surface area contributed by atoms with E-state index in [0.29, 0.717) is 22.8 Å². The lowest BCUT2D eigenvalue weighted by Crippen LogP contribution is -2.21. The lowest BCUT2D eigenvalue weighted by atomic mass is 9.97. The number of fused-ring (bicyclic) bond motifs is 1. The van der Waals surface area contributed by atoms with Crippen LogP contribution in [0.15, 0.2) is 12.4 Å². The largest absolute Gasteiger partial charge is 0.396 e. The van der Waals surface area contributed by atoms with E-state index in [4.69, 9.17) is 11.6 Å². The number of nitrogens with one attached hydrogen (secondary N) is 1. The van der Waals surface area contributed by atoms with Gasteiger partial charge < -0.3 is 10.4 Å². The zero-order valence-electron chi connectivity index (χ0n) is 10.5. The van der Waals surface area contributed by atoms with Gasteiger partial charge in [0.1, 0.15) is 17.3 Å². The molecule has 7 heteroatoms. The summed E-state index contributed by atoms with van der Waals surface area (Å²) >= 11 is 5.96. The van der Waals surface area contributed by atoms with Crippen LogP contribution in [0.1, 0.15) is 19.3 Å². The van der Waals surface area contributed by atoms with E-state index in [-0.39, 0.29) is 6.61 Å². The first kappa shape index (κ1) is 12.6. The number of halogens is 1. The third-order valence-electron chi connectivity index (χ3n) is 3.82. The van der Waals surface area contributed by atoms with Crippen LogP contribution in [-0.2, 0) is 0 Å². The van der Waals surface area contributed by atoms with Gasteiger partial charge in [0, 0.05) is 19.2 Å². The molecule has 0 saturated heterocycles. The minimum absolute atomic E-state index is 0.266. The van der Waals surface area contributed by atoms with Crippen LogP contribution >= 0.6 is 11.6 Å². The zero-order chi connectivity index (χ0) is 13.2. The minimum atomic E-state index is 0.266. The lowest BCUT2D eigenvalue weighted by Gasteiger charge is -2.18. The first-order valence-electron chi connectivity index (χ1n) is 6.49. The molecule has 2 aromatic rings. The predicted molar refractivity (Wildman–Crippen MR) is 72.2 cm³/mol. The SMILES string of the molecule is OCC1CCCC1CNc1cc(Cl)nc2ncnn12. The average Bonchev–Trinajstić information content (AvgIpc) is 3.03. The van der Waals surface area contributed by atoms with Crippen LogP contribution in [0.4, 0.5) is 5.82 Å². The Labute approximate surface area is 115 Å². The van der Waals surface area contributed by atoms with Crippen LogP contribution in [0, 0.1) is 11.8 Å². The second-order valence-electron chi connectivity index (χ2n) is 4.95. The number of hydrogen-bond acceptors (Lipinski definition) is 5. The maximum atomic E-state index is 9.33. The zero-order valence-corrected chi connectivity index (χ0v) is 11.2. The smallest absolute Gasteiger partial charge is 0.255 e. The Bertz CT molecular complexity index is 572. The molecule has 2 heterocycles. The molecular weight excluding hydrogens is 266 g/mol. The Kier molecular flexibility index (Phi) is 3.52. The summed E-state index contributed by atoms with van der Waals surface area (Å²) in [6.07, 6.45) is 4.90. The van der Waals surface area contributed by atoms with Crippen LogP contribution in [0.3, 0.4) is 0 Å². The molecule has 2 N–H and O–H groups in total. The van der Waals surface area contributed by atoms with Gasteiger partial charge in [-0.3, -0.25) is 0 Å². The van der Waals surface area contributed by atoms with Gasteiger partial charge in [-0.25, -0.2) is 0 Å². The Hall–Kier alpha value is -1.40. The van der Waals surface area contributed by atoms with E-state index in [9.17, 15) is 5.11 Å². The van der Waals surface area contributed by atoms with Crippen molar-refractivity contribution in [3.05, 3.63) is 17.5 Å². The Morgan fingerprint density at radius 3 is 3.11 bits per heavy atom.